The molecule has 0 saturated carbocycles. The lowest BCUT2D eigenvalue weighted by atomic mass is 10.1. The Balaban J connectivity index is 1.76. The van der Waals surface area contributed by atoms with Crippen LogP contribution in [0.4, 0.5) is 46.8 Å². The summed E-state index contributed by atoms with van der Waals surface area (Å²) in [4.78, 5) is 12.0. The summed E-state index contributed by atoms with van der Waals surface area (Å²) in [6, 6.07) is 0.190. The second-order valence-corrected chi connectivity index (χ2v) is 10.1. The van der Waals surface area contributed by atoms with E-state index in [0.717, 1.165) is 17.3 Å². The van der Waals surface area contributed by atoms with Crippen molar-refractivity contribution in [3.05, 3.63) is 29.7 Å². The van der Waals surface area contributed by atoms with Crippen molar-refractivity contribution in [1.82, 2.24) is 25.1 Å². The van der Waals surface area contributed by atoms with E-state index in [1.54, 1.807) is 0 Å². The molecular formula is C18H15F8N7O3S. The highest BCUT2D eigenvalue weighted by molar-refractivity contribution is 7.91. The van der Waals surface area contributed by atoms with Crippen molar-refractivity contribution >= 4 is 21.5 Å². The molecule has 1 aliphatic heterocycles. The molecule has 1 atom stereocenters. The zero-order valence-corrected chi connectivity index (χ0v) is 19.4. The van der Waals surface area contributed by atoms with Crippen LogP contribution >= 0.6 is 0 Å². The molecule has 0 spiro atoms. The highest BCUT2D eigenvalue weighted by atomic mass is 32.2. The first-order valence-corrected chi connectivity index (χ1v) is 11.8. The summed E-state index contributed by atoms with van der Waals surface area (Å²) in [7, 11) is -4.12. The standard InChI is InChI=1S/C18H15F8N7O3S/c1-3-37(34,35)10-5-8(11-30-15(36-32-11)17(21,22)23)6-27-13(10)33-7(2)4-9-12(31-33)29-14(28-9)16(19,20)18(24,25)26/h5-7,31H,3-4H2,1-2H3,(H,28,29). The zero-order chi connectivity index (χ0) is 27.6. The van der Waals surface area contributed by atoms with Crippen LogP contribution in [0, 0.1) is 0 Å². The Morgan fingerprint density at radius 3 is 2.38 bits per heavy atom. The molecule has 0 fully saturated rings. The number of rotatable bonds is 5. The third kappa shape index (κ3) is 4.66. The molecule has 0 saturated heterocycles. The van der Waals surface area contributed by atoms with E-state index in [2.05, 4.69) is 30.1 Å². The van der Waals surface area contributed by atoms with E-state index in [-0.39, 0.29) is 23.5 Å². The highest BCUT2D eigenvalue weighted by Gasteiger charge is 2.61. The molecule has 0 radical (unpaired) electrons. The van der Waals surface area contributed by atoms with Crippen molar-refractivity contribution in [1.29, 1.82) is 0 Å². The summed E-state index contributed by atoms with van der Waals surface area (Å²) in [6.07, 6.45) is -10.1. The second kappa shape index (κ2) is 8.52. The summed E-state index contributed by atoms with van der Waals surface area (Å²) in [5.41, 5.74) is 2.16. The van der Waals surface area contributed by atoms with E-state index in [4.69, 9.17) is 0 Å². The molecule has 4 rings (SSSR count). The van der Waals surface area contributed by atoms with E-state index in [1.165, 1.54) is 13.8 Å². The van der Waals surface area contributed by atoms with E-state index in [9.17, 15) is 43.5 Å². The van der Waals surface area contributed by atoms with Gasteiger partial charge in [-0.2, -0.15) is 40.1 Å². The van der Waals surface area contributed by atoms with Gasteiger partial charge in [0.1, 0.15) is 4.90 Å². The number of fused-ring (bicyclic) bond motifs is 1. The minimum absolute atomic E-state index is 0.0920. The molecule has 0 aliphatic carbocycles. The predicted octanol–water partition coefficient (Wildman–Crippen LogP) is 4.10. The first-order valence-electron chi connectivity index (χ1n) is 10.2. The SMILES string of the molecule is CCS(=O)(=O)c1cc(-c2noc(C(F)(F)F)n2)cnc1N1Nc2nc(C(F)(F)C(F)(F)F)[nH]c2CC1C. The van der Waals surface area contributed by atoms with Crippen LogP contribution in [0.3, 0.4) is 0 Å². The average Bonchev–Trinajstić information content (AvgIpc) is 3.45. The minimum Gasteiger partial charge on any atom is -0.339 e. The Morgan fingerprint density at radius 2 is 1.81 bits per heavy atom. The lowest BCUT2D eigenvalue weighted by Gasteiger charge is -2.35. The topological polar surface area (TPSA) is 130 Å². The monoisotopic (exact) mass is 561 g/mol. The Hall–Kier alpha value is -3.51. The summed E-state index contributed by atoms with van der Waals surface area (Å²) in [6.45, 7) is 2.78. The van der Waals surface area contributed by atoms with Gasteiger partial charge >= 0.3 is 24.2 Å². The van der Waals surface area contributed by atoms with Gasteiger partial charge in [0.2, 0.25) is 5.82 Å². The Bertz CT molecular complexity index is 1430. The van der Waals surface area contributed by atoms with Crippen LogP contribution in [0.25, 0.3) is 11.4 Å². The van der Waals surface area contributed by atoms with Crippen molar-refractivity contribution in [3.63, 3.8) is 0 Å². The molecule has 0 aromatic carbocycles. The summed E-state index contributed by atoms with van der Waals surface area (Å²) in [5.74, 6) is -10.4. The average molecular weight is 561 g/mol. The Morgan fingerprint density at radius 1 is 1.14 bits per heavy atom. The zero-order valence-electron chi connectivity index (χ0n) is 18.5. The number of nitrogens with one attached hydrogen (secondary N) is 2. The van der Waals surface area contributed by atoms with Gasteiger partial charge < -0.3 is 9.51 Å². The molecule has 0 bridgehead atoms. The lowest BCUT2D eigenvalue weighted by molar-refractivity contribution is -0.292. The number of hydrazine groups is 1. The maximum Gasteiger partial charge on any atom is 0.471 e. The first-order chi connectivity index (χ1) is 17.0. The van der Waals surface area contributed by atoms with Gasteiger partial charge in [-0.05, 0) is 13.0 Å². The molecule has 0 amide bonds. The number of halogens is 8. The highest BCUT2D eigenvalue weighted by Crippen LogP contribution is 2.44. The Kier molecular flexibility index (Phi) is 6.11. The van der Waals surface area contributed by atoms with Crippen LogP contribution in [-0.4, -0.2) is 51.5 Å². The van der Waals surface area contributed by atoms with E-state index < -0.39 is 68.2 Å². The van der Waals surface area contributed by atoms with Gasteiger partial charge in [-0.25, -0.2) is 18.4 Å². The van der Waals surface area contributed by atoms with E-state index in [0.29, 0.717) is 0 Å². The minimum atomic E-state index is -5.92. The molecule has 37 heavy (non-hydrogen) atoms. The number of anilines is 2. The molecule has 3 aromatic heterocycles. The van der Waals surface area contributed by atoms with Crippen LogP contribution < -0.4 is 10.4 Å². The fraction of sp³-hybridized carbons (Fsp3) is 0.444. The number of imidazole rings is 1. The quantitative estimate of drug-likeness (QED) is 0.443. The van der Waals surface area contributed by atoms with Crippen molar-refractivity contribution < 1.29 is 48.1 Å². The fourth-order valence-electron chi connectivity index (χ4n) is 3.39. The molecule has 4 heterocycles. The van der Waals surface area contributed by atoms with Gasteiger partial charge in [-0.1, -0.05) is 12.1 Å². The molecule has 2 N–H and O–H groups in total. The number of sulfone groups is 1. The maximum absolute atomic E-state index is 13.8. The normalized spacial score (nSPS) is 17.0. The number of nitrogens with zero attached hydrogens (tertiary/aromatic N) is 5. The fourth-order valence-corrected chi connectivity index (χ4v) is 4.43. The van der Waals surface area contributed by atoms with Gasteiger partial charge in [0, 0.05) is 18.2 Å². The van der Waals surface area contributed by atoms with Gasteiger partial charge in [0.25, 0.3) is 0 Å². The van der Waals surface area contributed by atoms with Crippen LogP contribution in [0.15, 0.2) is 21.7 Å². The third-order valence-corrected chi connectivity index (χ3v) is 7.03. The van der Waals surface area contributed by atoms with Crippen LogP contribution in [0.1, 0.15) is 31.3 Å². The number of H-pyrrole nitrogens is 1. The number of hydrogen-bond donors (Lipinski definition) is 2. The molecular weight excluding hydrogens is 546 g/mol. The van der Waals surface area contributed by atoms with Crippen LogP contribution in [0.5, 0.6) is 0 Å². The van der Waals surface area contributed by atoms with E-state index >= 15 is 0 Å². The number of aromatic amines is 1. The van der Waals surface area contributed by atoms with Crippen LogP contribution in [0.2, 0.25) is 0 Å². The third-order valence-electron chi connectivity index (χ3n) is 5.30. The maximum atomic E-state index is 13.8. The van der Waals surface area contributed by atoms with Crippen molar-refractivity contribution in [2.75, 3.05) is 16.2 Å². The van der Waals surface area contributed by atoms with Gasteiger partial charge in [0.15, 0.2) is 27.3 Å². The van der Waals surface area contributed by atoms with Crippen LogP contribution in [-0.2, 0) is 28.4 Å². The molecule has 202 valence electrons. The largest absolute Gasteiger partial charge is 0.471 e. The Labute approximate surface area is 202 Å². The number of alkyl halides is 8. The van der Waals surface area contributed by atoms with Gasteiger partial charge in [-0.15, -0.1) is 0 Å². The molecule has 3 aromatic rings. The first kappa shape index (κ1) is 26.6. The van der Waals surface area contributed by atoms with Gasteiger partial charge in [0.05, 0.1) is 17.5 Å². The molecule has 19 heteroatoms. The smallest absolute Gasteiger partial charge is 0.339 e. The predicted molar refractivity (Wildman–Crippen MR) is 108 cm³/mol. The lowest BCUT2D eigenvalue weighted by Crippen LogP contribution is -2.44. The molecule has 1 aliphatic rings. The van der Waals surface area contributed by atoms with E-state index in [1.807, 2.05) is 4.98 Å². The van der Waals surface area contributed by atoms with Crippen molar-refractivity contribution in [2.24, 2.45) is 0 Å². The number of hydrogen-bond acceptors (Lipinski definition) is 9. The van der Waals surface area contributed by atoms with Crippen molar-refractivity contribution in [3.8, 4) is 11.4 Å². The summed E-state index contributed by atoms with van der Waals surface area (Å²) < 4.78 is 134. The second-order valence-electron chi connectivity index (χ2n) is 7.89. The number of aromatic nitrogens is 5. The summed E-state index contributed by atoms with van der Waals surface area (Å²) in [5, 5.41) is 4.27. The van der Waals surface area contributed by atoms with Gasteiger partial charge in [-0.3, -0.25) is 10.4 Å². The summed E-state index contributed by atoms with van der Waals surface area (Å²) >= 11 is 0. The number of pyridine rings is 1. The van der Waals surface area contributed by atoms with Crippen molar-refractivity contribution in [2.45, 2.75) is 49.5 Å². The molecule has 10 nitrogen and oxygen atoms in total. The molecule has 1 unspecified atom stereocenters.